The van der Waals surface area contributed by atoms with Crippen molar-refractivity contribution in [2.45, 2.75) is 33.1 Å². The molecule has 0 spiro atoms. The Morgan fingerprint density at radius 1 is 1.43 bits per heavy atom. The molecular formula is C22H22N2O2S2. The topological polar surface area (TPSA) is 62.1 Å². The summed E-state index contributed by atoms with van der Waals surface area (Å²) in [6, 6.07) is 9.81. The van der Waals surface area contributed by atoms with Crippen molar-refractivity contribution in [2.24, 2.45) is 5.92 Å². The second kappa shape index (κ2) is 9.13. The number of carbonyl (C=O) groups is 1. The lowest BCUT2D eigenvalue weighted by Crippen LogP contribution is -2.15. The summed E-state index contributed by atoms with van der Waals surface area (Å²) in [5, 5.41) is 13.1. The number of nitrogens with zero attached hydrogens (tertiary/aromatic N) is 1. The van der Waals surface area contributed by atoms with Gasteiger partial charge in [0.05, 0.1) is 16.0 Å². The molecule has 0 aliphatic heterocycles. The Balaban J connectivity index is 1.84. The molecular weight excluding hydrogens is 388 g/mol. The summed E-state index contributed by atoms with van der Waals surface area (Å²) in [5.74, 6) is 1.00. The fraction of sp³-hybridized carbons (Fsp3) is 0.318. The lowest BCUT2D eigenvalue weighted by molar-refractivity contribution is -0.111. The summed E-state index contributed by atoms with van der Waals surface area (Å²) >= 11 is 6.86. The molecule has 0 saturated carbocycles. The highest BCUT2D eigenvalue weighted by Crippen LogP contribution is 2.36. The zero-order chi connectivity index (χ0) is 20.1. The van der Waals surface area contributed by atoms with E-state index in [2.05, 4.69) is 18.3 Å². The highest BCUT2D eigenvalue weighted by atomic mass is 32.1. The van der Waals surface area contributed by atoms with E-state index in [0.29, 0.717) is 23.1 Å². The summed E-state index contributed by atoms with van der Waals surface area (Å²) in [5.41, 5.74) is 3.49. The number of anilines is 1. The second-order valence-corrected chi connectivity index (χ2v) is 8.49. The molecule has 0 radical (unpaired) electrons. The van der Waals surface area contributed by atoms with Gasteiger partial charge in [-0.15, -0.1) is 11.3 Å². The number of fused-ring (bicyclic) bond motifs is 1. The predicted octanol–water partition coefficient (Wildman–Crippen LogP) is 5.52. The molecule has 1 amide bonds. The normalized spacial score (nSPS) is 15.7. The standard InChI is InChI=1S/C22H22N2O2S2/c1-3-26-19-7-5-4-6-15(19)9-11-20(25)24-21-18(13-23)16-10-8-14(2)12-17(16)22(27)28-21/h4-7,9,11,14H,3,8,10,12H2,1-2H3,(H,24,25)/b11-9+. The Morgan fingerprint density at radius 3 is 2.96 bits per heavy atom. The Labute approximate surface area is 174 Å². The van der Waals surface area contributed by atoms with Crippen LogP contribution in [0.15, 0.2) is 30.3 Å². The van der Waals surface area contributed by atoms with Crippen LogP contribution < -0.4 is 10.1 Å². The molecule has 2 aromatic rings. The molecule has 6 heteroatoms. The number of hydrogen-bond acceptors (Lipinski definition) is 5. The number of nitrogens with one attached hydrogen (secondary N) is 1. The highest BCUT2D eigenvalue weighted by Gasteiger charge is 2.23. The van der Waals surface area contributed by atoms with E-state index in [-0.39, 0.29) is 5.91 Å². The van der Waals surface area contributed by atoms with E-state index in [9.17, 15) is 10.1 Å². The molecule has 4 nitrogen and oxygen atoms in total. The molecule has 1 heterocycles. The third-order valence-corrected chi connectivity index (χ3v) is 6.19. The Kier molecular flexibility index (Phi) is 6.61. The van der Waals surface area contributed by atoms with Crippen molar-refractivity contribution in [3.63, 3.8) is 0 Å². The van der Waals surface area contributed by atoms with Crippen LogP contribution in [0, 0.1) is 21.1 Å². The SMILES string of the molecule is CCOc1ccccc1/C=C/C(=O)Nc1sc(=S)c2c(c1C#N)CCC(C)C2. The van der Waals surface area contributed by atoms with Crippen molar-refractivity contribution in [2.75, 3.05) is 11.9 Å². The third kappa shape index (κ3) is 4.49. The molecule has 1 aliphatic rings. The summed E-state index contributed by atoms with van der Waals surface area (Å²) < 4.78 is 6.34. The molecule has 144 valence electrons. The molecule has 1 aromatic heterocycles. The van der Waals surface area contributed by atoms with Crippen LogP contribution in [-0.2, 0) is 17.6 Å². The maximum absolute atomic E-state index is 12.5. The van der Waals surface area contributed by atoms with Crippen molar-refractivity contribution in [3.8, 4) is 11.8 Å². The minimum atomic E-state index is -0.294. The maximum Gasteiger partial charge on any atom is 0.249 e. The zero-order valence-corrected chi connectivity index (χ0v) is 17.6. The van der Waals surface area contributed by atoms with Gasteiger partial charge in [0.25, 0.3) is 0 Å². The molecule has 1 N–H and O–H groups in total. The fourth-order valence-corrected chi connectivity index (χ4v) is 4.76. The largest absolute Gasteiger partial charge is 0.493 e. The van der Waals surface area contributed by atoms with Crippen LogP contribution in [-0.4, -0.2) is 12.5 Å². The highest BCUT2D eigenvalue weighted by molar-refractivity contribution is 7.73. The molecule has 1 unspecified atom stereocenters. The smallest absolute Gasteiger partial charge is 0.249 e. The zero-order valence-electron chi connectivity index (χ0n) is 16.0. The second-order valence-electron chi connectivity index (χ2n) is 6.80. The van der Waals surface area contributed by atoms with Crippen LogP contribution in [0.2, 0.25) is 0 Å². The van der Waals surface area contributed by atoms with Gasteiger partial charge in [0, 0.05) is 11.6 Å². The summed E-state index contributed by atoms with van der Waals surface area (Å²) in [7, 11) is 0. The average Bonchev–Trinajstić information content (AvgIpc) is 2.68. The van der Waals surface area contributed by atoms with Gasteiger partial charge in [-0.25, -0.2) is 0 Å². The monoisotopic (exact) mass is 410 g/mol. The average molecular weight is 411 g/mol. The molecule has 0 fully saturated rings. The number of nitriles is 1. The number of rotatable bonds is 5. The van der Waals surface area contributed by atoms with Crippen molar-refractivity contribution in [1.29, 1.82) is 5.26 Å². The fourth-order valence-electron chi connectivity index (χ4n) is 3.37. The van der Waals surface area contributed by atoms with Crippen LogP contribution in [0.4, 0.5) is 5.00 Å². The van der Waals surface area contributed by atoms with Crippen LogP contribution in [0.3, 0.4) is 0 Å². The maximum atomic E-state index is 12.5. The predicted molar refractivity (Wildman–Crippen MR) is 116 cm³/mol. The number of para-hydroxylation sites is 1. The van der Waals surface area contributed by atoms with Gasteiger partial charge in [0.2, 0.25) is 5.91 Å². The van der Waals surface area contributed by atoms with E-state index in [0.717, 1.165) is 45.5 Å². The van der Waals surface area contributed by atoms with Crippen molar-refractivity contribution in [3.05, 3.63) is 56.4 Å². The van der Waals surface area contributed by atoms with Crippen LogP contribution >= 0.6 is 23.6 Å². The summed E-state index contributed by atoms with van der Waals surface area (Å²) in [4.78, 5) is 12.5. The molecule has 0 saturated heterocycles. The number of hydrogen-bond donors (Lipinski definition) is 1. The lowest BCUT2D eigenvalue weighted by Gasteiger charge is -2.23. The molecule has 1 aliphatic carbocycles. The van der Waals surface area contributed by atoms with E-state index < -0.39 is 0 Å². The lowest BCUT2D eigenvalue weighted by atomic mass is 9.85. The van der Waals surface area contributed by atoms with Crippen LogP contribution in [0.25, 0.3) is 6.08 Å². The van der Waals surface area contributed by atoms with E-state index in [1.165, 1.54) is 17.4 Å². The van der Waals surface area contributed by atoms with E-state index in [4.69, 9.17) is 17.0 Å². The number of ether oxygens (including phenoxy) is 1. The molecule has 1 aromatic carbocycles. The van der Waals surface area contributed by atoms with Gasteiger partial charge in [-0.05, 0) is 55.4 Å². The Bertz CT molecular complexity index is 1020. The van der Waals surface area contributed by atoms with E-state index in [1.807, 2.05) is 31.2 Å². The molecule has 1 atom stereocenters. The van der Waals surface area contributed by atoms with Crippen molar-refractivity contribution < 1.29 is 9.53 Å². The summed E-state index contributed by atoms with van der Waals surface area (Å²) in [6.07, 6.45) is 5.94. The van der Waals surface area contributed by atoms with Gasteiger partial charge in [-0.1, -0.05) is 37.3 Å². The van der Waals surface area contributed by atoms with E-state index in [1.54, 1.807) is 6.08 Å². The Morgan fingerprint density at radius 2 is 2.21 bits per heavy atom. The first-order valence-corrected chi connectivity index (χ1v) is 10.6. The van der Waals surface area contributed by atoms with Crippen molar-refractivity contribution >= 4 is 40.5 Å². The molecule has 3 rings (SSSR count). The number of amides is 1. The first-order valence-electron chi connectivity index (χ1n) is 9.33. The first-order chi connectivity index (χ1) is 13.5. The Hall–Kier alpha value is -2.49. The molecule has 0 bridgehead atoms. The van der Waals surface area contributed by atoms with Gasteiger partial charge in [0.1, 0.15) is 16.8 Å². The summed E-state index contributed by atoms with van der Waals surface area (Å²) in [6.45, 7) is 4.68. The van der Waals surface area contributed by atoms with E-state index >= 15 is 0 Å². The minimum Gasteiger partial charge on any atom is -0.493 e. The van der Waals surface area contributed by atoms with Crippen molar-refractivity contribution in [1.82, 2.24) is 0 Å². The molecule has 28 heavy (non-hydrogen) atoms. The van der Waals surface area contributed by atoms with Gasteiger partial charge in [-0.3, -0.25) is 4.79 Å². The van der Waals surface area contributed by atoms with Gasteiger partial charge in [0.15, 0.2) is 0 Å². The third-order valence-electron chi connectivity index (χ3n) is 4.76. The minimum absolute atomic E-state index is 0.294. The first kappa shape index (κ1) is 20.2. The van der Waals surface area contributed by atoms with Gasteiger partial charge in [-0.2, -0.15) is 5.26 Å². The quantitative estimate of drug-likeness (QED) is 0.520. The van der Waals surface area contributed by atoms with Crippen LogP contribution in [0.1, 0.15) is 42.5 Å². The van der Waals surface area contributed by atoms with Gasteiger partial charge < -0.3 is 10.1 Å². The van der Waals surface area contributed by atoms with Gasteiger partial charge >= 0.3 is 0 Å². The van der Waals surface area contributed by atoms with Crippen LogP contribution in [0.5, 0.6) is 5.75 Å². The number of benzene rings is 1. The number of carbonyl (C=O) groups excluding carboxylic acids is 1.